The summed E-state index contributed by atoms with van der Waals surface area (Å²) < 4.78 is 5.86. The van der Waals surface area contributed by atoms with Gasteiger partial charge in [-0.3, -0.25) is 9.78 Å². The molecule has 0 fully saturated rings. The van der Waals surface area contributed by atoms with Crippen LogP contribution in [-0.4, -0.2) is 10.9 Å². The summed E-state index contributed by atoms with van der Waals surface area (Å²) in [6.07, 6.45) is 3.46. The number of ether oxygens (including phenoxy) is 1. The van der Waals surface area contributed by atoms with Crippen LogP contribution in [0.3, 0.4) is 0 Å². The summed E-state index contributed by atoms with van der Waals surface area (Å²) in [6.45, 7) is 0. The first-order valence-electron chi connectivity index (χ1n) is 9.38. The van der Waals surface area contributed by atoms with Gasteiger partial charge in [0.15, 0.2) is 0 Å². The van der Waals surface area contributed by atoms with Gasteiger partial charge in [-0.25, -0.2) is 0 Å². The predicted molar refractivity (Wildman–Crippen MR) is 113 cm³/mol. The third-order valence-corrected chi connectivity index (χ3v) is 4.52. The number of pyridine rings is 1. The van der Waals surface area contributed by atoms with E-state index >= 15 is 0 Å². The highest BCUT2D eigenvalue weighted by atomic mass is 16.5. The molecule has 0 radical (unpaired) electrons. The molecular weight excluding hydrogens is 360 g/mol. The predicted octanol–water partition coefficient (Wildman–Crippen LogP) is 5.39. The molecule has 3 aromatic carbocycles. The van der Waals surface area contributed by atoms with Gasteiger partial charge in [0.25, 0.3) is 5.91 Å². The first-order chi connectivity index (χ1) is 14.3. The Bertz CT molecular complexity index is 1030. The van der Waals surface area contributed by atoms with E-state index < -0.39 is 0 Å². The number of para-hydroxylation sites is 1. The molecule has 4 heteroatoms. The van der Waals surface area contributed by atoms with Crippen molar-refractivity contribution in [1.29, 1.82) is 0 Å². The fourth-order valence-corrected chi connectivity index (χ4v) is 3.10. The van der Waals surface area contributed by atoms with Gasteiger partial charge in [0, 0.05) is 18.0 Å². The van der Waals surface area contributed by atoms with Crippen LogP contribution in [0.25, 0.3) is 0 Å². The highest BCUT2D eigenvalue weighted by molar-refractivity contribution is 5.95. The molecule has 0 saturated carbocycles. The number of amides is 1. The molecule has 1 unspecified atom stereocenters. The largest absolute Gasteiger partial charge is 0.457 e. The van der Waals surface area contributed by atoms with Gasteiger partial charge < -0.3 is 10.1 Å². The SMILES string of the molecule is O=C(NC(c1ccccc1)c1ccncc1)c1cccc(Oc2ccccc2)c1. The fourth-order valence-electron chi connectivity index (χ4n) is 3.10. The average Bonchev–Trinajstić information content (AvgIpc) is 2.79. The van der Waals surface area contributed by atoms with Crippen LogP contribution in [0.4, 0.5) is 0 Å². The van der Waals surface area contributed by atoms with E-state index in [1.54, 1.807) is 24.5 Å². The van der Waals surface area contributed by atoms with Gasteiger partial charge in [0.1, 0.15) is 11.5 Å². The van der Waals surface area contributed by atoms with Crippen molar-refractivity contribution < 1.29 is 9.53 Å². The van der Waals surface area contributed by atoms with Crippen LogP contribution in [0.5, 0.6) is 11.5 Å². The molecule has 0 saturated heterocycles. The zero-order valence-corrected chi connectivity index (χ0v) is 15.7. The smallest absolute Gasteiger partial charge is 0.252 e. The second kappa shape index (κ2) is 8.85. The molecule has 142 valence electrons. The maximum atomic E-state index is 13.0. The monoisotopic (exact) mass is 380 g/mol. The summed E-state index contributed by atoms with van der Waals surface area (Å²) in [5.74, 6) is 1.17. The van der Waals surface area contributed by atoms with Crippen molar-refractivity contribution in [2.75, 3.05) is 0 Å². The Labute approximate surface area is 169 Å². The first-order valence-corrected chi connectivity index (χ1v) is 9.38. The molecule has 0 aliphatic rings. The van der Waals surface area contributed by atoms with Crippen LogP contribution in [0, 0.1) is 0 Å². The lowest BCUT2D eigenvalue weighted by atomic mass is 9.99. The number of carbonyl (C=O) groups is 1. The van der Waals surface area contributed by atoms with Gasteiger partial charge >= 0.3 is 0 Å². The maximum Gasteiger partial charge on any atom is 0.252 e. The van der Waals surface area contributed by atoms with Crippen molar-refractivity contribution in [1.82, 2.24) is 10.3 Å². The highest BCUT2D eigenvalue weighted by Gasteiger charge is 2.18. The Hall–Kier alpha value is -3.92. The van der Waals surface area contributed by atoms with Gasteiger partial charge in [0.05, 0.1) is 6.04 Å². The van der Waals surface area contributed by atoms with Crippen LogP contribution in [0.15, 0.2) is 109 Å². The van der Waals surface area contributed by atoms with Gasteiger partial charge in [-0.1, -0.05) is 54.6 Å². The Morgan fingerprint density at radius 3 is 2.07 bits per heavy atom. The minimum absolute atomic E-state index is 0.172. The lowest BCUT2D eigenvalue weighted by Crippen LogP contribution is -2.29. The number of hydrogen-bond acceptors (Lipinski definition) is 3. The molecule has 1 heterocycles. The topological polar surface area (TPSA) is 51.2 Å². The molecule has 1 atom stereocenters. The molecule has 1 aromatic heterocycles. The zero-order valence-electron chi connectivity index (χ0n) is 15.7. The average molecular weight is 380 g/mol. The Kier molecular flexibility index (Phi) is 5.63. The van der Waals surface area contributed by atoms with Gasteiger partial charge in [-0.2, -0.15) is 0 Å². The van der Waals surface area contributed by atoms with Crippen LogP contribution in [-0.2, 0) is 0 Å². The summed E-state index contributed by atoms with van der Waals surface area (Å²) in [7, 11) is 0. The number of carbonyl (C=O) groups excluding carboxylic acids is 1. The van der Waals surface area contributed by atoms with E-state index in [-0.39, 0.29) is 11.9 Å². The number of rotatable bonds is 6. The molecule has 29 heavy (non-hydrogen) atoms. The van der Waals surface area contributed by atoms with Gasteiger partial charge in [0.2, 0.25) is 0 Å². The molecule has 0 aliphatic heterocycles. The normalized spacial score (nSPS) is 11.4. The molecule has 0 spiro atoms. The maximum absolute atomic E-state index is 13.0. The third kappa shape index (κ3) is 4.68. The Morgan fingerprint density at radius 1 is 0.724 bits per heavy atom. The number of benzene rings is 3. The van der Waals surface area contributed by atoms with Gasteiger partial charge in [-0.15, -0.1) is 0 Å². The number of nitrogens with one attached hydrogen (secondary N) is 1. The number of nitrogens with zero attached hydrogens (tertiary/aromatic N) is 1. The number of aromatic nitrogens is 1. The van der Waals surface area contributed by atoms with Crippen molar-refractivity contribution in [3.8, 4) is 11.5 Å². The molecule has 4 nitrogen and oxygen atoms in total. The quantitative estimate of drug-likeness (QED) is 0.488. The Morgan fingerprint density at radius 2 is 1.34 bits per heavy atom. The third-order valence-electron chi connectivity index (χ3n) is 4.52. The van der Waals surface area contributed by atoms with Crippen molar-refractivity contribution in [3.05, 3.63) is 126 Å². The number of hydrogen-bond donors (Lipinski definition) is 1. The van der Waals surface area contributed by atoms with Crippen molar-refractivity contribution in [3.63, 3.8) is 0 Å². The van der Waals surface area contributed by atoms with Crippen LogP contribution < -0.4 is 10.1 Å². The second-order valence-corrected chi connectivity index (χ2v) is 6.54. The van der Waals surface area contributed by atoms with E-state index in [0.717, 1.165) is 16.9 Å². The summed E-state index contributed by atoms with van der Waals surface area (Å²) in [5.41, 5.74) is 2.51. The van der Waals surface area contributed by atoms with Crippen LogP contribution >= 0.6 is 0 Å². The van der Waals surface area contributed by atoms with E-state index in [4.69, 9.17) is 4.74 Å². The van der Waals surface area contributed by atoms with Crippen molar-refractivity contribution >= 4 is 5.91 Å². The second-order valence-electron chi connectivity index (χ2n) is 6.54. The molecule has 4 aromatic rings. The van der Waals surface area contributed by atoms with Crippen LogP contribution in [0.1, 0.15) is 27.5 Å². The van der Waals surface area contributed by atoms with E-state index in [9.17, 15) is 4.79 Å². The van der Waals surface area contributed by atoms with Crippen LogP contribution in [0.2, 0.25) is 0 Å². The molecule has 0 aliphatic carbocycles. The molecule has 4 rings (SSSR count). The van der Waals surface area contributed by atoms with E-state index in [1.807, 2.05) is 84.9 Å². The summed E-state index contributed by atoms with van der Waals surface area (Å²) in [6, 6.07) is 30.1. The molecule has 1 N–H and O–H groups in total. The van der Waals surface area contributed by atoms with E-state index in [2.05, 4.69) is 10.3 Å². The highest BCUT2D eigenvalue weighted by Crippen LogP contribution is 2.24. The Balaban J connectivity index is 1.57. The van der Waals surface area contributed by atoms with E-state index in [0.29, 0.717) is 11.3 Å². The van der Waals surface area contributed by atoms with E-state index in [1.165, 1.54) is 0 Å². The van der Waals surface area contributed by atoms with Crippen molar-refractivity contribution in [2.24, 2.45) is 0 Å². The lowest BCUT2D eigenvalue weighted by Gasteiger charge is -2.20. The minimum Gasteiger partial charge on any atom is -0.457 e. The molecular formula is C25H20N2O2. The van der Waals surface area contributed by atoms with Gasteiger partial charge in [-0.05, 0) is 53.6 Å². The lowest BCUT2D eigenvalue weighted by molar-refractivity contribution is 0.0942. The standard InChI is InChI=1S/C25H20N2O2/c28-25(21-10-7-13-23(18-21)29-22-11-5-2-6-12-22)27-24(19-8-3-1-4-9-19)20-14-16-26-17-15-20/h1-18,24H,(H,27,28). The minimum atomic E-state index is -0.273. The fraction of sp³-hybridized carbons (Fsp3) is 0.0400. The summed E-state index contributed by atoms with van der Waals surface area (Å²) in [5, 5.41) is 3.13. The summed E-state index contributed by atoms with van der Waals surface area (Å²) in [4.78, 5) is 17.1. The summed E-state index contributed by atoms with van der Waals surface area (Å²) >= 11 is 0. The first kappa shape index (κ1) is 18.4. The zero-order chi connectivity index (χ0) is 19.9. The molecule has 1 amide bonds. The molecule has 0 bridgehead atoms. The van der Waals surface area contributed by atoms with Crippen molar-refractivity contribution in [2.45, 2.75) is 6.04 Å².